The number of aromatic nitrogens is 4. The first kappa shape index (κ1) is 90.9. The Bertz CT molecular complexity index is 5160. The van der Waals surface area contributed by atoms with Crippen molar-refractivity contribution in [3.63, 3.8) is 0 Å². The first-order valence-corrected chi connectivity index (χ1v) is 41.0. The average Bonchev–Trinajstić information content (AvgIpc) is 0.747. The highest BCUT2D eigenvalue weighted by atomic mass is 14.9. The fourth-order valence-electron chi connectivity index (χ4n) is 17.9. The SMILES string of the molecule is C.C.C.Cc1ccccc1-c1ccc(-c2ccc(C(C(C)(C)C)C(C)(C)C)cc2)c[n+]1C.Cc1ccccc1-c1ccc(-c2ccc(C(C)CC(C)(C)C)cc2)c[n+]1C.[2H]C(c1ccc(-c2ccc(-c3ccccc3C)[n+](C)c2)cc1)(C(C)(C)C)C(C)(C)C.[2H]C(c1ccc(-c2ccc(-c3ccccc3C)[n+](C)c2)cc1)(C(C)C)C(C)C. The summed E-state index contributed by atoms with van der Waals surface area (Å²) < 4.78 is 27.3. The lowest BCUT2D eigenvalue weighted by atomic mass is 9.63. The molecule has 608 valence electrons. The smallest absolute Gasteiger partial charge is 0.200 e. The molecular weight excluding hydrogens is 1390 g/mol. The van der Waals surface area contributed by atoms with Crippen LogP contribution in [0, 0.1) is 66.6 Å². The molecular formula is C111H148N4+4. The Hall–Kier alpha value is -9.64. The second kappa shape index (κ2) is 39.8. The van der Waals surface area contributed by atoms with Crippen molar-refractivity contribution >= 4 is 0 Å². The highest BCUT2D eigenvalue weighted by Gasteiger charge is 2.38. The van der Waals surface area contributed by atoms with E-state index < -0.39 is 11.8 Å². The first-order chi connectivity index (χ1) is 53.3. The van der Waals surface area contributed by atoms with E-state index >= 15 is 0 Å². The maximum absolute atomic E-state index is 9.41. The Morgan fingerprint density at radius 1 is 0.270 bits per heavy atom. The molecule has 0 fully saturated rings. The summed E-state index contributed by atoms with van der Waals surface area (Å²) in [6.45, 7) is 53.6. The van der Waals surface area contributed by atoms with Gasteiger partial charge in [0.15, 0.2) is 24.8 Å². The summed E-state index contributed by atoms with van der Waals surface area (Å²) in [4.78, 5) is 0. The van der Waals surface area contributed by atoms with Crippen LogP contribution in [0.5, 0.6) is 0 Å². The molecule has 4 heterocycles. The molecule has 0 aliphatic carbocycles. The molecule has 12 rings (SSSR count). The Labute approximate surface area is 703 Å². The van der Waals surface area contributed by atoms with Crippen LogP contribution in [0.25, 0.3) is 89.5 Å². The summed E-state index contributed by atoms with van der Waals surface area (Å²) in [5.74, 6) is 0.381. The van der Waals surface area contributed by atoms with Gasteiger partial charge in [0.2, 0.25) is 22.8 Å². The van der Waals surface area contributed by atoms with Crippen molar-refractivity contribution in [3.05, 3.63) is 312 Å². The second-order valence-corrected chi connectivity index (χ2v) is 37.8. The van der Waals surface area contributed by atoms with Gasteiger partial charge in [0.1, 0.15) is 28.2 Å². The van der Waals surface area contributed by atoms with Gasteiger partial charge in [-0.15, -0.1) is 0 Å². The van der Waals surface area contributed by atoms with Crippen LogP contribution in [-0.2, 0) is 28.2 Å². The van der Waals surface area contributed by atoms with Crippen molar-refractivity contribution in [2.75, 3.05) is 0 Å². The van der Waals surface area contributed by atoms with Gasteiger partial charge < -0.3 is 0 Å². The van der Waals surface area contributed by atoms with Crippen molar-refractivity contribution in [2.24, 2.45) is 67.1 Å². The number of pyridine rings is 4. The van der Waals surface area contributed by atoms with Crippen LogP contribution in [0.3, 0.4) is 0 Å². The van der Waals surface area contributed by atoms with E-state index in [0.29, 0.717) is 17.3 Å². The molecule has 4 heteroatoms. The summed E-state index contributed by atoms with van der Waals surface area (Å²) in [5, 5.41) is 0. The molecule has 0 saturated heterocycles. The predicted octanol–water partition coefficient (Wildman–Crippen LogP) is 29.8. The number of aryl methyl sites for hydroxylation is 8. The second-order valence-electron chi connectivity index (χ2n) is 37.8. The molecule has 4 nitrogen and oxygen atoms in total. The fraction of sp³-hybridized carbons (Fsp3) is 0.387. The molecule has 0 aliphatic heterocycles. The van der Waals surface area contributed by atoms with Gasteiger partial charge in [0.25, 0.3) is 0 Å². The van der Waals surface area contributed by atoms with Crippen LogP contribution in [0.15, 0.2) is 267 Å². The van der Waals surface area contributed by atoms with Gasteiger partial charge in [-0.25, -0.2) is 18.3 Å². The lowest BCUT2D eigenvalue weighted by molar-refractivity contribution is -0.660. The molecule has 0 amide bonds. The van der Waals surface area contributed by atoms with E-state index in [9.17, 15) is 1.37 Å². The van der Waals surface area contributed by atoms with Crippen LogP contribution >= 0.6 is 0 Å². The number of benzene rings is 8. The number of hydrogen-bond donors (Lipinski definition) is 0. The van der Waals surface area contributed by atoms with Gasteiger partial charge in [0.05, 0.1) is 0 Å². The quantitative estimate of drug-likeness (QED) is 0.0909. The minimum Gasteiger partial charge on any atom is -0.200 e. The molecule has 115 heavy (non-hydrogen) atoms. The molecule has 0 N–H and O–H groups in total. The standard InChI is InChI=1S/2C28H36N.2C26H32N.3CH4/c2*1-20-11-9-10-12-24(20)25-18-17-23(19-29(25)8)21-13-15-22(16-14-21)26(27(2,3)4)28(5,6)7;1-19-9-7-8-10-24(19)25-16-15-23(18-27(25)6)22-13-11-21(12-14-22)20(2)17-26(3,4)5;1-18(2)26(19(3)4)22-13-11-21(12-14-22)23-15-16-25(27(6)17-23)24-10-8-7-9-20(24)5;;;/h2*9-19,26H,1-8H3;7-16,18,20H,17H2,1-6H3;7-19,26H,1-6H3;3*1H4/q4*+1;;;/i26D;;;26D;;;. The highest BCUT2D eigenvalue weighted by molar-refractivity contribution is 5.71. The van der Waals surface area contributed by atoms with E-state index in [2.05, 4.69) is 480 Å². The molecule has 1 unspecified atom stereocenters. The van der Waals surface area contributed by atoms with Crippen LogP contribution in [0.4, 0.5) is 0 Å². The average molecular weight is 1540 g/mol. The predicted molar refractivity (Wildman–Crippen MR) is 501 cm³/mol. The van der Waals surface area contributed by atoms with Crippen LogP contribution < -0.4 is 18.3 Å². The Morgan fingerprint density at radius 3 is 0.713 bits per heavy atom. The molecule has 0 spiro atoms. The van der Waals surface area contributed by atoms with Gasteiger partial charge in [0, 0.05) is 71.5 Å². The van der Waals surface area contributed by atoms with Crippen LogP contribution in [0.2, 0.25) is 0 Å². The summed E-state index contributed by atoms with van der Waals surface area (Å²) in [7, 11) is 8.47. The van der Waals surface area contributed by atoms with E-state index in [1.54, 1.807) is 0 Å². The lowest BCUT2D eigenvalue weighted by Gasteiger charge is -2.41. The Kier molecular flexibility index (Phi) is 31.5. The number of hydrogen-bond acceptors (Lipinski definition) is 0. The summed E-state index contributed by atoms with van der Waals surface area (Å²) in [5.41, 5.74) is 30.4. The topological polar surface area (TPSA) is 15.5 Å². The highest BCUT2D eigenvalue weighted by Crippen LogP contribution is 2.49. The molecule has 0 aliphatic rings. The zero-order valence-electron chi connectivity index (χ0n) is 75.7. The van der Waals surface area contributed by atoms with Crippen molar-refractivity contribution < 1.29 is 21.0 Å². The molecule has 8 aromatic carbocycles. The maximum Gasteiger partial charge on any atom is 0.212 e. The third-order valence-corrected chi connectivity index (χ3v) is 22.1. The summed E-state index contributed by atoms with van der Waals surface area (Å²) >= 11 is 0. The lowest BCUT2D eigenvalue weighted by Crippen LogP contribution is -2.31. The minimum absolute atomic E-state index is 0. The van der Waals surface area contributed by atoms with Gasteiger partial charge in [-0.2, -0.15) is 0 Å². The normalized spacial score (nSPS) is 12.4. The van der Waals surface area contributed by atoms with Crippen LogP contribution in [0.1, 0.15) is 238 Å². The third-order valence-electron chi connectivity index (χ3n) is 22.1. The third kappa shape index (κ3) is 24.5. The Balaban J connectivity index is 0.000000240. The molecule has 0 saturated carbocycles. The van der Waals surface area contributed by atoms with Crippen LogP contribution in [-0.4, -0.2) is 0 Å². The first-order valence-electron chi connectivity index (χ1n) is 42.0. The minimum atomic E-state index is -0.683. The molecule has 1 atom stereocenters. The molecule has 0 bridgehead atoms. The number of rotatable bonds is 15. The molecule has 0 radical (unpaired) electrons. The van der Waals surface area contributed by atoms with Gasteiger partial charge in [-0.05, 0) is 212 Å². The summed E-state index contributed by atoms with van der Waals surface area (Å²) in [6, 6.07) is 87.4. The van der Waals surface area contributed by atoms with E-state index in [4.69, 9.17) is 1.37 Å². The van der Waals surface area contributed by atoms with E-state index in [1.807, 2.05) is 0 Å². The summed E-state index contributed by atoms with van der Waals surface area (Å²) in [6.07, 6.45) is 10.1. The van der Waals surface area contributed by atoms with Crippen molar-refractivity contribution in [2.45, 2.75) is 218 Å². The van der Waals surface area contributed by atoms with Gasteiger partial charge >= 0.3 is 0 Å². The molecule has 12 aromatic rings. The molecule has 4 aromatic heterocycles. The van der Waals surface area contributed by atoms with E-state index in [0.717, 1.165) is 11.1 Å². The van der Waals surface area contributed by atoms with Crippen molar-refractivity contribution in [3.8, 4) is 89.5 Å². The van der Waals surface area contributed by atoms with Crippen molar-refractivity contribution in [1.29, 1.82) is 0 Å². The van der Waals surface area contributed by atoms with Gasteiger partial charge in [-0.3, -0.25) is 0 Å². The maximum atomic E-state index is 9.41. The van der Waals surface area contributed by atoms with Gasteiger partial charge in [-0.1, -0.05) is 331 Å². The van der Waals surface area contributed by atoms with E-state index in [-0.39, 0.29) is 55.8 Å². The fourth-order valence-corrected chi connectivity index (χ4v) is 17.9. The largest absolute Gasteiger partial charge is 0.212 e. The number of nitrogens with zero attached hydrogens (tertiary/aromatic N) is 4. The monoisotopic (exact) mass is 1540 g/mol. The zero-order valence-corrected chi connectivity index (χ0v) is 73.7. The van der Waals surface area contributed by atoms with E-state index in [1.165, 1.54) is 129 Å². The Morgan fingerprint density at radius 2 is 0.496 bits per heavy atom. The van der Waals surface area contributed by atoms with Crippen molar-refractivity contribution in [1.82, 2.24) is 0 Å². The zero-order chi connectivity index (χ0) is 83.8.